The minimum Gasteiger partial charge on any atom is -0.481 e. The molecule has 0 amide bonds. The third kappa shape index (κ3) is 3.03. The summed E-state index contributed by atoms with van der Waals surface area (Å²) in [7, 11) is 0. The molecule has 1 aromatic rings. The molecule has 0 aliphatic rings. The lowest BCUT2D eigenvalue weighted by molar-refractivity contribution is -0.136. The zero-order valence-electron chi connectivity index (χ0n) is 5.56. The van der Waals surface area contributed by atoms with Gasteiger partial charge in [0.15, 0.2) is 0 Å². The van der Waals surface area contributed by atoms with E-state index in [0.29, 0.717) is 11.0 Å². The van der Waals surface area contributed by atoms with Crippen LogP contribution in [0, 0.1) is 0 Å². The van der Waals surface area contributed by atoms with Gasteiger partial charge in [-0.05, 0) is 0 Å². The van der Waals surface area contributed by atoms with Gasteiger partial charge in [-0.2, -0.15) is 0 Å². The summed E-state index contributed by atoms with van der Waals surface area (Å²) in [5.74, 6) is -0.366. The Morgan fingerprint density at radius 3 is 3.18 bits per heavy atom. The molecule has 0 aliphatic carbocycles. The number of carboxylic acid groups (broad SMARTS) is 1. The van der Waals surface area contributed by atoms with Gasteiger partial charge >= 0.3 is 5.97 Å². The number of aliphatic carboxylic acids is 1. The van der Waals surface area contributed by atoms with Gasteiger partial charge in [0.25, 0.3) is 5.22 Å². The molecule has 11 heavy (non-hydrogen) atoms. The average molecular weight is 174 g/mol. The fourth-order valence-corrected chi connectivity index (χ4v) is 1.12. The summed E-state index contributed by atoms with van der Waals surface area (Å²) in [6.45, 7) is 0. The molecule has 1 aromatic heterocycles. The Hall–Kier alpha value is -1.04. The van der Waals surface area contributed by atoms with E-state index in [1.807, 2.05) is 0 Å². The van der Waals surface area contributed by atoms with Crippen molar-refractivity contribution in [1.29, 1.82) is 0 Å². The van der Waals surface area contributed by atoms with Crippen molar-refractivity contribution in [3.8, 4) is 0 Å². The first-order valence-electron chi connectivity index (χ1n) is 2.90. The predicted molar refractivity (Wildman–Crippen MR) is 37.3 cm³/mol. The molecule has 0 aromatic carbocycles. The summed E-state index contributed by atoms with van der Waals surface area (Å²) in [6, 6.07) is 0. The summed E-state index contributed by atoms with van der Waals surface area (Å²) in [6.07, 6.45) is 1.32. The van der Waals surface area contributed by atoms with Crippen LogP contribution in [0.3, 0.4) is 0 Å². The third-order valence-electron chi connectivity index (χ3n) is 0.882. The van der Waals surface area contributed by atoms with Crippen LogP contribution in [0.15, 0.2) is 16.0 Å². The number of hydrogen-bond acceptors (Lipinski definition) is 5. The van der Waals surface area contributed by atoms with Crippen molar-refractivity contribution in [2.24, 2.45) is 0 Å². The van der Waals surface area contributed by atoms with Gasteiger partial charge in [0.2, 0.25) is 6.39 Å². The molecule has 1 heterocycles. The topological polar surface area (TPSA) is 76.2 Å². The first-order valence-corrected chi connectivity index (χ1v) is 3.88. The molecule has 60 valence electrons. The Labute approximate surface area is 66.8 Å². The standard InChI is InChI=1S/C5H6N2O3S/c8-4(9)1-2-11-5-7-6-3-10-5/h3H,1-2H2,(H,8,9). The number of hydrogen-bond donors (Lipinski definition) is 1. The molecule has 0 spiro atoms. The maximum Gasteiger partial charge on any atom is 0.304 e. The fourth-order valence-electron chi connectivity index (χ4n) is 0.451. The Morgan fingerprint density at radius 2 is 2.64 bits per heavy atom. The SMILES string of the molecule is O=C(O)CCSc1nnco1. The maximum absolute atomic E-state index is 10.0. The monoisotopic (exact) mass is 174 g/mol. The molecule has 0 bridgehead atoms. The number of aromatic nitrogens is 2. The van der Waals surface area contributed by atoms with E-state index in [0.717, 1.165) is 0 Å². The van der Waals surface area contributed by atoms with Gasteiger partial charge in [-0.25, -0.2) is 0 Å². The Kier molecular flexibility index (Phi) is 2.91. The molecule has 0 fully saturated rings. The van der Waals surface area contributed by atoms with Crippen LogP contribution in [0.1, 0.15) is 6.42 Å². The number of rotatable bonds is 4. The summed E-state index contributed by atoms with van der Waals surface area (Å²) >= 11 is 1.23. The van der Waals surface area contributed by atoms with E-state index in [1.54, 1.807) is 0 Å². The van der Waals surface area contributed by atoms with Crippen LogP contribution in [-0.4, -0.2) is 27.0 Å². The van der Waals surface area contributed by atoms with Crippen molar-refractivity contribution in [3.05, 3.63) is 6.39 Å². The molecular formula is C5H6N2O3S. The summed E-state index contributed by atoms with van der Waals surface area (Å²) in [5.41, 5.74) is 0. The lowest BCUT2D eigenvalue weighted by Gasteiger charge is -1.89. The van der Waals surface area contributed by atoms with Crippen LogP contribution in [0.2, 0.25) is 0 Å². The highest BCUT2D eigenvalue weighted by Gasteiger charge is 2.01. The zero-order chi connectivity index (χ0) is 8.10. The summed E-state index contributed by atoms with van der Waals surface area (Å²) in [4.78, 5) is 10.0. The fraction of sp³-hybridized carbons (Fsp3) is 0.400. The van der Waals surface area contributed by atoms with E-state index in [1.165, 1.54) is 18.2 Å². The van der Waals surface area contributed by atoms with Crippen molar-refractivity contribution < 1.29 is 14.3 Å². The first kappa shape index (κ1) is 8.06. The van der Waals surface area contributed by atoms with Gasteiger partial charge in [-0.1, -0.05) is 11.8 Å². The molecular weight excluding hydrogens is 168 g/mol. The molecule has 0 aliphatic heterocycles. The number of thioether (sulfide) groups is 1. The van der Waals surface area contributed by atoms with Gasteiger partial charge in [0, 0.05) is 5.75 Å². The van der Waals surface area contributed by atoms with E-state index in [-0.39, 0.29) is 6.42 Å². The second-order valence-electron chi connectivity index (χ2n) is 1.70. The van der Waals surface area contributed by atoms with Crippen LogP contribution < -0.4 is 0 Å². The lowest BCUT2D eigenvalue weighted by atomic mass is 10.5. The molecule has 5 nitrogen and oxygen atoms in total. The number of carbonyl (C=O) groups is 1. The molecule has 6 heteroatoms. The lowest BCUT2D eigenvalue weighted by Crippen LogP contribution is -1.95. The van der Waals surface area contributed by atoms with Crippen molar-refractivity contribution in [1.82, 2.24) is 10.2 Å². The Bertz CT molecular complexity index is 224. The molecule has 0 saturated carbocycles. The third-order valence-corrected chi connectivity index (χ3v) is 1.71. The Morgan fingerprint density at radius 1 is 1.82 bits per heavy atom. The highest BCUT2D eigenvalue weighted by molar-refractivity contribution is 7.99. The molecule has 1 N–H and O–H groups in total. The minimum atomic E-state index is -0.822. The number of nitrogens with zero attached hydrogens (tertiary/aromatic N) is 2. The van der Waals surface area contributed by atoms with Crippen LogP contribution in [0.5, 0.6) is 0 Å². The van der Waals surface area contributed by atoms with Gasteiger partial charge in [0.1, 0.15) is 0 Å². The second-order valence-corrected chi connectivity index (χ2v) is 2.74. The normalized spacial score (nSPS) is 9.82. The minimum absolute atomic E-state index is 0.104. The number of carboxylic acids is 1. The maximum atomic E-state index is 10.0. The zero-order valence-corrected chi connectivity index (χ0v) is 6.37. The first-order chi connectivity index (χ1) is 5.29. The molecule has 0 radical (unpaired) electrons. The average Bonchev–Trinajstić information content (AvgIpc) is 2.39. The van der Waals surface area contributed by atoms with Gasteiger partial charge in [-0.15, -0.1) is 10.2 Å². The molecule has 0 atom stereocenters. The smallest absolute Gasteiger partial charge is 0.304 e. The highest BCUT2D eigenvalue weighted by atomic mass is 32.2. The summed E-state index contributed by atoms with van der Waals surface area (Å²) in [5, 5.41) is 15.7. The van der Waals surface area contributed by atoms with Crippen LogP contribution in [-0.2, 0) is 4.79 Å². The summed E-state index contributed by atoms with van der Waals surface area (Å²) < 4.78 is 4.76. The molecule has 1 rings (SSSR count). The van der Waals surface area contributed by atoms with E-state index in [4.69, 9.17) is 9.52 Å². The van der Waals surface area contributed by atoms with Crippen LogP contribution in [0.4, 0.5) is 0 Å². The Balaban J connectivity index is 2.19. The van der Waals surface area contributed by atoms with Gasteiger partial charge in [-0.3, -0.25) is 4.79 Å². The highest BCUT2D eigenvalue weighted by Crippen LogP contribution is 2.13. The second kappa shape index (κ2) is 3.97. The van der Waals surface area contributed by atoms with Crippen molar-refractivity contribution in [2.75, 3.05) is 5.75 Å². The van der Waals surface area contributed by atoms with Crippen molar-refractivity contribution in [2.45, 2.75) is 11.6 Å². The molecule has 0 unspecified atom stereocenters. The van der Waals surface area contributed by atoms with Crippen LogP contribution in [0.25, 0.3) is 0 Å². The van der Waals surface area contributed by atoms with Gasteiger partial charge < -0.3 is 9.52 Å². The quantitative estimate of drug-likeness (QED) is 0.675. The van der Waals surface area contributed by atoms with Crippen molar-refractivity contribution >= 4 is 17.7 Å². The van der Waals surface area contributed by atoms with Crippen molar-refractivity contribution in [3.63, 3.8) is 0 Å². The van der Waals surface area contributed by atoms with E-state index in [2.05, 4.69) is 10.2 Å². The van der Waals surface area contributed by atoms with E-state index < -0.39 is 5.97 Å². The van der Waals surface area contributed by atoms with Gasteiger partial charge in [0.05, 0.1) is 6.42 Å². The van der Waals surface area contributed by atoms with E-state index >= 15 is 0 Å². The molecule has 0 saturated heterocycles. The largest absolute Gasteiger partial charge is 0.481 e. The predicted octanol–water partition coefficient (Wildman–Crippen LogP) is 0.636. The van der Waals surface area contributed by atoms with Crippen LogP contribution >= 0.6 is 11.8 Å². The van der Waals surface area contributed by atoms with E-state index in [9.17, 15) is 4.79 Å².